The highest BCUT2D eigenvalue weighted by Gasteiger charge is 2.30. The van der Waals surface area contributed by atoms with Crippen molar-refractivity contribution in [1.82, 2.24) is 19.7 Å². The zero-order valence-electron chi connectivity index (χ0n) is 18.2. The molecule has 0 aliphatic carbocycles. The molecule has 7 nitrogen and oxygen atoms in total. The fourth-order valence-corrected chi connectivity index (χ4v) is 4.17. The van der Waals surface area contributed by atoms with Crippen LogP contribution in [0, 0.1) is 6.92 Å². The fourth-order valence-electron chi connectivity index (χ4n) is 4.17. The van der Waals surface area contributed by atoms with Crippen molar-refractivity contribution in [3.8, 4) is 5.69 Å². The molecular formula is C23H27F3N6O. The third-order valence-corrected chi connectivity index (χ3v) is 6.09. The Balaban J connectivity index is 0.00000274. The summed E-state index contributed by atoms with van der Waals surface area (Å²) in [5, 5.41) is 7.58. The van der Waals surface area contributed by atoms with Gasteiger partial charge in [0.2, 0.25) is 5.95 Å². The zero-order valence-corrected chi connectivity index (χ0v) is 18.2. The molecule has 0 spiro atoms. The van der Waals surface area contributed by atoms with E-state index in [1.807, 2.05) is 13.0 Å². The molecule has 10 heteroatoms. The van der Waals surface area contributed by atoms with Crippen molar-refractivity contribution >= 4 is 17.3 Å². The van der Waals surface area contributed by atoms with Gasteiger partial charge in [-0.15, -0.1) is 5.10 Å². The number of aryl methyl sites for hydroxylation is 1. The van der Waals surface area contributed by atoms with Gasteiger partial charge in [-0.3, -0.25) is 4.90 Å². The maximum absolute atomic E-state index is 12.8. The summed E-state index contributed by atoms with van der Waals surface area (Å²) in [5.41, 5.74) is 2.93. The molecule has 3 heterocycles. The van der Waals surface area contributed by atoms with Gasteiger partial charge < -0.3 is 15.0 Å². The van der Waals surface area contributed by atoms with Crippen LogP contribution in [0.25, 0.3) is 5.69 Å². The van der Waals surface area contributed by atoms with E-state index >= 15 is 0 Å². The van der Waals surface area contributed by atoms with Crippen LogP contribution in [0.15, 0.2) is 48.8 Å². The summed E-state index contributed by atoms with van der Waals surface area (Å²) >= 11 is 0. The minimum Gasteiger partial charge on any atom is -0.378 e. The second kappa shape index (κ2) is 8.68. The molecule has 0 atom stereocenters. The summed E-state index contributed by atoms with van der Waals surface area (Å²) in [6.07, 6.45) is -2.89. The summed E-state index contributed by atoms with van der Waals surface area (Å²) in [4.78, 5) is 9.13. The van der Waals surface area contributed by atoms with Crippen LogP contribution in [0.3, 0.4) is 0 Å². The number of benzene rings is 2. The largest absolute Gasteiger partial charge is 0.416 e. The smallest absolute Gasteiger partial charge is 0.378 e. The maximum Gasteiger partial charge on any atom is 0.416 e. The van der Waals surface area contributed by atoms with Crippen LogP contribution in [0.1, 0.15) is 12.6 Å². The SMILES string of the molecule is Cc1cc(Nc2ncn(-c3ccc(C(F)(F)F)cc3)n2)cc(N2CCN(C3COC3)CC2)c1.[HH]. The third-order valence-electron chi connectivity index (χ3n) is 6.09. The van der Waals surface area contributed by atoms with E-state index in [0.29, 0.717) is 17.7 Å². The monoisotopic (exact) mass is 460 g/mol. The van der Waals surface area contributed by atoms with E-state index in [0.717, 1.165) is 68.5 Å². The van der Waals surface area contributed by atoms with Crippen LogP contribution < -0.4 is 10.2 Å². The first kappa shape index (κ1) is 21.7. The van der Waals surface area contributed by atoms with Crippen LogP contribution in [0.4, 0.5) is 30.5 Å². The van der Waals surface area contributed by atoms with E-state index in [-0.39, 0.29) is 1.43 Å². The number of hydrogen-bond acceptors (Lipinski definition) is 6. The molecule has 0 amide bonds. The zero-order chi connectivity index (χ0) is 23.0. The normalized spacial score (nSPS) is 17.8. The minimum atomic E-state index is -4.37. The Bertz CT molecular complexity index is 1110. The lowest BCUT2D eigenvalue weighted by Crippen LogP contribution is -2.56. The van der Waals surface area contributed by atoms with Crippen molar-refractivity contribution in [3.05, 3.63) is 59.9 Å². The van der Waals surface area contributed by atoms with Crippen LogP contribution in [-0.2, 0) is 10.9 Å². The summed E-state index contributed by atoms with van der Waals surface area (Å²) in [6.45, 7) is 7.67. The first-order valence-corrected chi connectivity index (χ1v) is 10.9. The highest BCUT2D eigenvalue weighted by Crippen LogP contribution is 2.30. The second-order valence-corrected chi connectivity index (χ2v) is 8.45. The molecule has 1 N–H and O–H groups in total. The summed E-state index contributed by atoms with van der Waals surface area (Å²) in [5.74, 6) is 0.376. The number of piperazine rings is 1. The minimum absolute atomic E-state index is 0. The van der Waals surface area contributed by atoms with Gasteiger partial charge in [-0.25, -0.2) is 4.68 Å². The Morgan fingerprint density at radius 2 is 1.73 bits per heavy atom. The average Bonchev–Trinajstić information content (AvgIpc) is 3.20. The molecule has 176 valence electrons. The maximum atomic E-state index is 12.8. The highest BCUT2D eigenvalue weighted by molar-refractivity contribution is 5.64. The standard InChI is InChI=1S/C23H25F3N6O.H2/c1-16-10-18(12-20(11-16)30-6-8-31(9-7-30)21-13-33-14-21)28-22-27-15-32(29-22)19-4-2-17(3-5-19)23(24,25)26;/h2-5,10-12,15,21H,6-9,13-14H2,1H3,(H,28,29);1H. The molecule has 0 saturated carbocycles. The first-order valence-electron chi connectivity index (χ1n) is 10.9. The molecular weight excluding hydrogens is 433 g/mol. The number of aromatic nitrogens is 3. The average molecular weight is 461 g/mol. The predicted molar refractivity (Wildman–Crippen MR) is 121 cm³/mol. The Labute approximate surface area is 191 Å². The number of ether oxygens (including phenoxy) is 1. The van der Waals surface area contributed by atoms with Gasteiger partial charge in [0.25, 0.3) is 0 Å². The Kier molecular flexibility index (Phi) is 5.71. The molecule has 0 radical (unpaired) electrons. The number of nitrogens with one attached hydrogen (secondary N) is 1. The number of halogens is 3. The Hall–Kier alpha value is -3.11. The van der Waals surface area contributed by atoms with Crippen molar-refractivity contribution in [2.24, 2.45) is 0 Å². The fraction of sp³-hybridized carbons (Fsp3) is 0.391. The highest BCUT2D eigenvalue weighted by atomic mass is 19.4. The molecule has 5 rings (SSSR count). The molecule has 0 unspecified atom stereocenters. The second-order valence-electron chi connectivity index (χ2n) is 8.45. The van der Waals surface area contributed by atoms with E-state index in [4.69, 9.17) is 4.74 Å². The van der Waals surface area contributed by atoms with Crippen LogP contribution >= 0.6 is 0 Å². The summed E-state index contributed by atoms with van der Waals surface area (Å²) in [6, 6.07) is 11.7. The Morgan fingerprint density at radius 3 is 2.36 bits per heavy atom. The Morgan fingerprint density at radius 1 is 1.00 bits per heavy atom. The number of anilines is 3. The van der Waals surface area contributed by atoms with Crippen LogP contribution in [-0.4, -0.2) is 65.1 Å². The summed E-state index contributed by atoms with van der Waals surface area (Å²) < 4.78 is 45.1. The number of rotatable bonds is 5. The van der Waals surface area contributed by atoms with E-state index in [2.05, 4.69) is 37.3 Å². The van der Waals surface area contributed by atoms with E-state index < -0.39 is 11.7 Å². The van der Waals surface area contributed by atoms with Crippen molar-refractivity contribution in [2.75, 3.05) is 49.6 Å². The molecule has 2 saturated heterocycles. The molecule has 1 aromatic heterocycles. The quantitative estimate of drug-likeness (QED) is 0.619. The lowest BCUT2D eigenvalue weighted by Gasteiger charge is -2.43. The molecule has 2 aliphatic rings. The van der Waals surface area contributed by atoms with Gasteiger partial charge in [0, 0.05) is 39.0 Å². The molecule has 0 bridgehead atoms. The topological polar surface area (TPSA) is 58.5 Å². The van der Waals surface area contributed by atoms with Gasteiger partial charge >= 0.3 is 6.18 Å². The number of alkyl halides is 3. The molecule has 2 fully saturated rings. The first-order chi connectivity index (χ1) is 15.8. The third kappa shape index (κ3) is 4.81. The molecule has 2 aromatic carbocycles. The van der Waals surface area contributed by atoms with Crippen molar-refractivity contribution < 1.29 is 19.3 Å². The van der Waals surface area contributed by atoms with Gasteiger partial charge in [0.15, 0.2) is 0 Å². The van der Waals surface area contributed by atoms with Gasteiger partial charge in [-0.2, -0.15) is 18.2 Å². The predicted octanol–water partition coefficient (Wildman–Crippen LogP) is 4.10. The van der Waals surface area contributed by atoms with E-state index in [9.17, 15) is 13.2 Å². The van der Waals surface area contributed by atoms with Gasteiger partial charge in [-0.05, 0) is 55.0 Å². The summed E-state index contributed by atoms with van der Waals surface area (Å²) in [7, 11) is 0. The van der Waals surface area contributed by atoms with Gasteiger partial charge in [0.05, 0.1) is 30.5 Å². The van der Waals surface area contributed by atoms with E-state index in [1.165, 1.54) is 23.1 Å². The molecule has 33 heavy (non-hydrogen) atoms. The van der Waals surface area contributed by atoms with Gasteiger partial charge in [-0.1, -0.05) is 0 Å². The van der Waals surface area contributed by atoms with E-state index in [1.54, 1.807) is 0 Å². The van der Waals surface area contributed by atoms with Crippen molar-refractivity contribution in [2.45, 2.75) is 19.1 Å². The van der Waals surface area contributed by atoms with Crippen LogP contribution in [0.2, 0.25) is 0 Å². The number of nitrogens with zero attached hydrogens (tertiary/aromatic N) is 5. The lowest BCUT2D eigenvalue weighted by atomic mass is 10.1. The number of hydrogen-bond donors (Lipinski definition) is 1. The van der Waals surface area contributed by atoms with Gasteiger partial charge in [0.1, 0.15) is 6.33 Å². The van der Waals surface area contributed by atoms with Crippen molar-refractivity contribution in [1.29, 1.82) is 0 Å². The molecule has 3 aromatic rings. The van der Waals surface area contributed by atoms with Crippen LogP contribution in [0.5, 0.6) is 0 Å². The molecule has 2 aliphatic heterocycles. The van der Waals surface area contributed by atoms with Crippen molar-refractivity contribution in [3.63, 3.8) is 0 Å². The lowest BCUT2D eigenvalue weighted by molar-refractivity contribution is -0.137.